The predicted molar refractivity (Wildman–Crippen MR) is 115 cm³/mol. The fourth-order valence-corrected chi connectivity index (χ4v) is 5.62. The number of carbonyl (C=O) groups excluding carboxylic acids is 1. The summed E-state index contributed by atoms with van der Waals surface area (Å²) >= 11 is 1.57. The lowest BCUT2D eigenvalue weighted by atomic mass is 10.1. The van der Waals surface area contributed by atoms with E-state index in [1.807, 2.05) is 49.4 Å². The van der Waals surface area contributed by atoms with Crippen molar-refractivity contribution in [1.29, 1.82) is 0 Å². The molecule has 29 heavy (non-hydrogen) atoms. The van der Waals surface area contributed by atoms with Crippen molar-refractivity contribution in [3.63, 3.8) is 0 Å². The molecule has 0 fully saturated rings. The van der Waals surface area contributed by atoms with Crippen molar-refractivity contribution in [2.45, 2.75) is 24.8 Å². The molecular formula is C22H23NO4S2. The number of hydrogen-bond donors (Lipinski definition) is 0. The van der Waals surface area contributed by atoms with Crippen LogP contribution in [0.2, 0.25) is 0 Å². The molecule has 0 radical (unpaired) electrons. The van der Waals surface area contributed by atoms with Gasteiger partial charge in [0.25, 0.3) is 0 Å². The van der Waals surface area contributed by atoms with Crippen molar-refractivity contribution in [2.75, 3.05) is 13.7 Å². The Labute approximate surface area is 175 Å². The molecule has 0 aliphatic heterocycles. The number of sulfonamides is 1. The summed E-state index contributed by atoms with van der Waals surface area (Å²) in [6.07, 6.45) is 0.574. The molecule has 152 valence electrons. The molecule has 0 spiro atoms. The van der Waals surface area contributed by atoms with E-state index < -0.39 is 16.0 Å². The molecule has 0 aliphatic carbocycles. The van der Waals surface area contributed by atoms with Crippen LogP contribution in [0.1, 0.15) is 25.7 Å². The van der Waals surface area contributed by atoms with Gasteiger partial charge in [-0.3, -0.25) is 0 Å². The summed E-state index contributed by atoms with van der Waals surface area (Å²) < 4.78 is 33.3. The van der Waals surface area contributed by atoms with E-state index in [1.165, 1.54) is 23.5 Å². The molecule has 1 heterocycles. The molecule has 0 atom stereocenters. The number of ether oxygens (including phenoxy) is 1. The topological polar surface area (TPSA) is 63.7 Å². The van der Waals surface area contributed by atoms with Crippen molar-refractivity contribution < 1.29 is 17.9 Å². The monoisotopic (exact) mass is 429 g/mol. The van der Waals surface area contributed by atoms with Gasteiger partial charge in [-0.1, -0.05) is 42.5 Å². The molecule has 2 aromatic carbocycles. The van der Waals surface area contributed by atoms with Crippen LogP contribution in [-0.2, 0) is 27.7 Å². The first-order valence-electron chi connectivity index (χ1n) is 9.18. The average molecular weight is 430 g/mol. The normalized spacial score (nSPS) is 11.6. The number of rotatable bonds is 8. The molecule has 3 aromatic rings. The average Bonchev–Trinajstić information content (AvgIpc) is 3.15. The summed E-state index contributed by atoms with van der Waals surface area (Å²) in [5, 5.41) is 0. The van der Waals surface area contributed by atoms with Crippen molar-refractivity contribution in [1.82, 2.24) is 4.31 Å². The number of nitrogens with zero attached hydrogens (tertiary/aromatic N) is 1. The molecule has 3 rings (SSSR count). The van der Waals surface area contributed by atoms with Gasteiger partial charge in [-0.2, -0.15) is 4.31 Å². The number of hydrogen-bond acceptors (Lipinski definition) is 5. The highest BCUT2D eigenvalue weighted by molar-refractivity contribution is 7.89. The number of aryl methyl sites for hydroxylation is 1. The second-order valence-electron chi connectivity index (χ2n) is 6.57. The van der Waals surface area contributed by atoms with Gasteiger partial charge in [0.2, 0.25) is 10.0 Å². The van der Waals surface area contributed by atoms with Crippen LogP contribution in [0.5, 0.6) is 0 Å². The largest absolute Gasteiger partial charge is 0.465 e. The molecule has 0 saturated carbocycles. The lowest BCUT2D eigenvalue weighted by Gasteiger charge is -2.23. The first kappa shape index (κ1) is 21.2. The Bertz CT molecular complexity index is 1070. The Kier molecular flexibility index (Phi) is 6.84. The third-order valence-electron chi connectivity index (χ3n) is 4.53. The Morgan fingerprint density at radius 3 is 2.34 bits per heavy atom. The molecule has 0 amide bonds. The second kappa shape index (κ2) is 9.35. The number of thiophene rings is 1. The highest BCUT2D eigenvalue weighted by Crippen LogP contribution is 2.25. The SMILES string of the molecule is COC(=O)c1ccccc1S(=O)(=O)N(CCc1ccccc1)Cc1ccc(C)s1. The zero-order valence-corrected chi connectivity index (χ0v) is 18.0. The van der Waals surface area contributed by atoms with Crippen molar-refractivity contribution in [3.05, 3.63) is 87.6 Å². The zero-order chi connectivity index (χ0) is 20.9. The summed E-state index contributed by atoms with van der Waals surface area (Å²) in [5.41, 5.74) is 1.10. The number of benzene rings is 2. The number of esters is 1. The predicted octanol–water partition coefficient (Wildman–Crippen LogP) is 4.28. The molecule has 0 unspecified atom stereocenters. The highest BCUT2D eigenvalue weighted by atomic mass is 32.2. The Morgan fingerprint density at radius 2 is 1.69 bits per heavy atom. The fraction of sp³-hybridized carbons (Fsp3) is 0.227. The van der Waals surface area contributed by atoms with Crippen molar-refractivity contribution in [2.24, 2.45) is 0 Å². The number of methoxy groups -OCH3 is 1. The molecule has 7 heteroatoms. The van der Waals surface area contributed by atoms with E-state index in [2.05, 4.69) is 0 Å². The van der Waals surface area contributed by atoms with E-state index in [4.69, 9.17) is 4.74 Å². The lowest BCUT2D eigenvalue weighted by molar-refractivity contribution is 0.0596. The standard InChI is InChI=1S/C22H23NO4S2/c1-17-12-13-19(28-17)16-23(15-14-18-8-4-3-5-9-18)29(25,26)21-11-7-6-10-20(21)22(24)27-2/h3-13H,14-16H2,1-2H3. The van der Waals surface area contributed by atoms with Gasteiger partial charge in [0.1, 0.15) is 0 Å². The minimum absolute atomic E-state index is 0.0341. The summed E-state index contributed by atoms with van der Waals surface area (Å²) in [5.74, 6) is -0.667. The van der Waals surface area contributed by atoms with Gasteiger partial charge in [0.05, 0.1) is 17.6 Å². The van der Waals surface area contributed by atoms with Crippen LogP contribution >= 0.6 is 11.3 Å². The summed E-state index contributed by atoms with van der Waals surface area (Å²) in [6.45, 7) is 2.55. The summed E-state index contributed by atoms with van der Waals surface area (Å²) in [6, 6.07) is 19.8. The zero-order valence-electron chi connectivity index (χ0n) is 16.4. The van der Waals surface area contributed by atoms with Crippen LogP contribution in [0.25, 0.3) is 0 Å². The maximum Gasteiger partial charge on any atom is 0.339 e. The van der Waals surface area contributed by atoms with Crippen LogP contribution in [0.3, 0.4) is 0 Å². The summed E-state index contributed by atoms with van der Waals surface area (Å²) in [4.78, 5) is 14.2. The van der Waals surface area contributed by atoms with Gasteiger partial charge in [0, 0.05) is 22.8 Å². The quantitative estimate of drug-likeness (QED) is 0.502. The maximum atomic E-state index is 13.5. The fourth-order valence-electron chi connectivity index (χ4n) is 3.04. The van der Waals surface area contributed by atoms with E-state index in [9.17, 15) is 13.2 Å². The van der Waals surface area contributed by atoms with Crippen LogP contribution in [-0.4, -0.2) is 32.3 Å². The van der Waals surface area contributed by atoms with Crippen LogP contribution < -0.4 is 0 Å². The second-order valence-corrected chi connectivity index (χ2v) is 9.85. The molecule has 0 N–H and O–H groups in total. The highest BCUT2D eigenvalue weighted by Gasteiger charge is 2.29. The Balaban J connectivity index is 1.96. The van der Waals surface area contributed by atoms with Gasteiger partial charge in [-0.15, -0.1) is 11.3 Å². The van der Waals surface area contributed by atoms with Crippen LogP contribution in [0.15, 0.2) is 71.6 Å². The van der Waals surface area contributed by atoms with Crippen molar-refractivity contribution in [3.8, 4) is 0 Å². The third-order valence-corrected chi connectivity index (χ3v) is 7.42. The molecule has 0 aliphatic rings. The van der Waals surface area contributed by atoms with Gasteiger partial charge in [0.15, 0.2) is 0 Å². The minimum atomic E-state index is -3.91. The van der Waals surface area contributed by atoms with E-state index in [0.717, 1.165) is 15.3 Å². The van der Waals surface area contributed by atoms with Gasteiger partial charge < -0.3 is 4.74 Å². The number of carbonyl (C=O) groups is 1. The molecule has 5 nitrogen and oxygen atoms in total. The minimum Gasteiger partial charge on any atom is -0.465 e. The molecular weight excluding hydrogens is 406 g/mol. The van der Waals surface area contributed by atoms with Gasteiger partial charge in [-0.25, -0.2) is 13.2 Å². The Hall–Kier alpha value is -2.48. The van der Waals surface area contributed by atoms with Gasteiger partial charge in [-0.05, 0) is 43.2 Å². The summed E-state index contributed by atoms with van der Waals surface area (Å²) in [7, 11) is -2.66. The lowest BCUT2D eigenvalue weighted by Crippen LogP contribution is -2.33. The molecule has 0 saturated heterocycles. The molecule has 0 bridgehead atoms. The third kappa shape index (κ3) is 5.12. The first-order chi connectivity index (χ1) is 13.9. The van der Waals surface area contributed by atoms with Gasteiger partial charge >= 0.3 is 5.97 Å². The van der Waals surface area contributed by atoms with Crippen molar-refractivity contribution >= 4 is 27.3 Å². The first-order valence-corrected chi connectivity index (χ1v) is 11.4. The van der Waals surface area contributed by atoms with Crippen LogP contribution in [0, 0.1) is 6.92 Å². The van der Waals surface area contributed by atoms with E-state index in [-0.39, 0.29) is 17.0 Å². The molecule has 1 aromatic heterocycles. The van der Waals surface area contributed by atoms with E-state index >= 15 is 0 Å². The Morgan fingerprint density at radius 1 is 1.00 bits per heavy atom. The van der Waals surface area contributed by atoms with E-state index in [0.29, 0.717) is 13.0 Å². The smallest absolute Gasteiger partial charge is 0.339 e. The van der Waals surface area contributed by atoms with E-state index in [1.54, 1.807) is 23.5 Å². The van der Waals surface area contributed by atoms with Crippen LogP contribution in [0.4, 0.5) is 0 Å². The maximum absolute atomic E-state index is 13.5.